The van der Waals surface area contributed by atoms with E-state index >= 15 is 0 Å². The molecule has 4 nitrogen and oxygen atoms in total. The van der Waals surface area contributed by atoms with Gasteiger partial charge in [0.2, 0.25) is 5.91 Å². The number of aliphatic hydroxyl groups excluding tert-OH is 1. The van der Waals surface area contributed by atoms with E-state index < -0.39 is 0 Å². The number of ether oxygens (including phenoxy) is 1. The predicted octanol–water partition coefficient (Wildman–Crippen LogP) is 0.786. The minimum Gasteiger partial charge on any atom is -0.396 e. The second kappa shape index (κ2) is 6.80. The first-order valence-electron chi connectivity index (χ1n) is 5.77. The average molecular weight is 215 g/mol. The summed E-state index contributed by atoms with van der Waals surface area (Å²) in [6.07, 6.45) is 4.07. The van der Waals surface area contributed by atoms with E-state index in [1.807, 2.05) is 11.8 Å². The van der Waals surface area contributed by atoms with E-state index in [9.17, 15) is 4.79 Å². The van der Waals surface area contributed by atoms with Crippen molar-refractivity contribution in [2.75, 3.05) is 26.4 Å². The largest absolute Gasteiger partial charge is 0.396 e. The van der Waals surface area contributed by atoms with Crippen LogP contribution in [-0.2, 0) is 9.53 Å². The van der Waals surface area contributed by atoms with Crippen LogP contribution in [0.1, 0.15) is 32.6 Å². The third-order valence-electron chi connectivity index (χ3n) is 2.82. The second-order valence-electron chi connectivity index (χ2n) is 3.89. The maximum atomic E-state index is 11.8. The van der Waals surface area contributed by atoms with Gasteiger partial charge in [-0.1, -0.05) is 0 Å². The fourth-order valence-electron chi connectivity index (χ4n) is 1.72. The van der Waals surface area contributed by atoms with Crippen molar-refractivity contribution in [2.24, 2.45) is 0 Å². The lowest BCUT2D eigenvalue weighted by Crippen LogP contribution is -2.46. The molecular formula is C11H21NO3. The van der Waals surface area contributed by atoms with Crippen molar-refractivity contribution in [3.8, 4) is 0 Å². The summed E-state index contributed by atoms with van der Waals surface area (Å²) >= 11 is 0. The molecule has 1 amide bonds. The summed E-state index contributed by atoms with van der Waals surface area (Å²) in [5, 5.41) is 8.78. The van der Waals surface area contributed by atoms with Crippen molar-refractivity contribution in [1.82, 2.24) is 4.90 Å². The minimum absolute atomic E-state index is 0.0648. The topological polar surface area (TPSA) is 49.8 Å². The molecule has 0 unspecified atom stereocenters. The molecule has 4 heteroatoms. The Morgan fingerprint density at radius 1 is 1.53 bits per heavy atom. The van der Waals surface area contributed by atoms with Crippen LogP contribution in [0.2, 0.25) is 0 Å². The zero-order valence-electron chi connectivity index (χ0n) is 9.45. The Bertz CT molecular complexity index is 192. The van der Waals surface area contributed by atoms with E-state index in [-0.39, 0.29) is 19.1 Å². The molecule has 1 fully saturated rings. The summed E-state index contributed by atoms with van der Waals surface area (Å²) in [6.45, 7) is 3.44. The SMILES string of the molecule is CCOCC(=O)N(CCCO)C1CCC1. The minimum atomic E-state index is 0.0648. The average Bonchev–Trinajstić information content (AvgIpc) is 2.17. The van der Waals surface area contributed by atoms with Gasteiger partial charge in [-0.3, -0.25) is 4.79 Å². The number of amides is 1. The highest BCUT2D eigenvalue weighted by atomic mass is 16.5. The Hall–Kier alpha value is -0.610. The number of hydrogen-bond acceptors (Lipinski definition) is 3. The molecule has 0 bridgehead atoms. The number of rotatable bonds is 7. The Morgan fingerprint density at radius 3 is 2.73 bits per heavy atom. The van der Waals surface area contributed by atoms with Gasteiger partial charge in [0.05, 0.1) is 0 Å². The molecule has 0 aromatic rings. The molecule has 0 spiro atoms. The van der Waals surface area contributed by atoms with Crippen LogP contribution in [-0.4, -0.2) is 48.3 Å². The van der Waals surface area contributed by atoms with E-state index in [1.165, 1.54) is 6.42 Å². The molecule has 1 saturated carbocycles. The summed E-state index contributed by atoms with van der Waals surface area (Å²) in [7, 11) is 0. The standard InChI is InChI=1S/C11H21NO3/c1-2-15-9-11(14)12(7-4-8-13)10-5-3-6-10/h10,13H,2-9H2,1H3. The zero-order valence-corrected chi connectivity index (χ0v) is 9.45. The van der Waals surface area contributed by atoms with Gasteiger partial charge in [0, 0.05) is 25.8 Å². The molecule has 0 atom stereocenters. The van der Waals surface area contributed by atoms with Gasteiger partial charge in [0.15, 0.2) is 0 Å². The normalized spacial score (nSPS) is 16.1. The summed E-state index contributed by atoms with van der Waals surface area (Å²) in [5.74, 6) is 0.0648. The highest BCUT2D eigenvalue weighted by molar-refractivity contribution is 5.77. The van der Waals surface area contributed by atoms with E-state index in [4.69, 9.17) is 9.84 Å². The molecule has 1 aliphatic carbocycles. The van der Waals surface area contributed by atoms with Crippen LogP contribution in [0.5, 0.6) is 0 Å². The zero-order chi connectivity index (χ0) is 11.1. The van der Waals surface area contributed by atoms with Gasteiger partial charge in [-0.25, -0.2) is 0 Å². The molecule has 0 heterocycles. The monoisotopic (exact) mass is 215 g/mol. The smallest absolute Gasteiger partial charge is 0.248 e. The van der Waals surface area contributed by atoms with Gasteiger partial charge < -0.3 is 14.7 Å². The molecule has 0 saturated heterocycles. The third-order valence-corrected chi connectivity index (χ3v) is 2.82. The van der Waals surface area contributed by atoms with Gasteiger partial charge in [-0.15, -0.1) is 0 Å². The van der Waals surface area contributed by atoms with E-state index in [2.05, 4.69) is 0 Å². The third kappa shape index (κ3) is 3.80. The van der Waals surface area contributed by atoms with Crippen LogP contribution >= 0.6 is 0 Å². The molecule has 1 aliphatic rings. The molecule has 88 valence electrons. The van der Waals surface area contributed by atoms with Crippen molar-refractivity contribution in [1.29, 1.82) is 0 Å². The first-order chi connectivity index (χ1) is 7.29. The van der Waals surface area contributed by atoms with Crippen LogP contribution in [0.15, 0.2) is 0 Å². The lowest BCUT2D eigenvalue weighted by Gasteiger charge is -2.37. The fraction of sp³-hybridized carbons (Fsp3) is 0.909. The highest BCUT2D eigenvalue weighted by Gasteiger charge is 2.27. The van der Waals surface area contributed by atoms with Gasteiger partial charge in [0.1, 0.15) is 6.61 Å². The molecule has 0 aromatic heterocycles. The molecule has 15 heavy (non-hydrogen) atoms. The maximum Gasteiger partial charge on any atom is 0.248 e. The van der Waals surface area contributed by atoms with E-state index in [0.717, 1.165) is 12.8 Å². The summed E-state index contributed by atoms with van der Waals surface area (Å²) in [6, 6.07) is 0.393. The van der Waals surface area contributed by atoms with Crippen molar-refractivity contribution >= 4 is 5.91 Å². The Balaban J connectivity index is 2.35. The van der Waals surface area contributed by atoms with Crippen LogP contribution in [0, 0.1) is 0 Å². The van der Waals surface area contributed by atoms with Gasteiger partial charge in [-0.2, -0.15) is 0 Å². The van der Waals surface area contributed by atoms with Gasteiger partial charge >= 0.3 is 0 Å². The number of carbonyl (C=O) groups is 1. The Kier molecular flexibility index (Phi) is 5.65. The first kappa shape index (κ1) is 12.5. The number of nitrogens with zero attached hydrogens (tertiary/aromatic N) is 1. The number of carbonyl (C=O) groups excluding carboxylic acids is 1. The van der Waals surface area contributed by atoms with Crippen LogP contribution < -0.4 is 0 Å². The maximum absolute atomic E-state index is 11.8. The number of aliphatic hydroxyl groups is 1. The second-order valence-corrected chi connectivity index (χ2v) is 3.89. The number of hydrogen-bond donors (Lipinski definition) is 1. The lowest BCUT2D eigenvalue weighted by atomic mass is 9.91. The van der Waals surface area contributed by atoms with Crippen LogP contribution in [0.3, 0.4) is 0 Å². The quantitative estimate of drug-likeness (QED) is 0.683. The van der Waals surface area contributed by atoms with Crippen molar-refractivity contribution in [2.45, 2.75) is 38.6 Å². The Morgan fingerprint density at radius 2 is 2.27 bits per heavy atom. The highest BCUT2D eigenvalue weighted by Crippen LogP contribution is 2.24. The van der Waals surface area contributed by atoms with Crippen LogP contribution in [0.4, 0.5) is 0 Å². The van der Waals surface area contributed by atoms with E-state index in [0.29, 0.717) is 25.6 Å². The summed E-state index contributed by atoms with van der Waals surface area (Å²) in [5.41, 5.74) is 0. The van der Waals surface area contributed by atoms with Crippen molar-refractivity contribution < 1.29 is 14.6 Å². The van der Waals surface area contributed by atoms with Gasteiger partial charge in [-0.05, 0) is 32.6 Å². The molecule has 0 radical (unpaired) electrons. The van der Waals surface area contributed by atoms with Crippen molar-refractivity contribution in [3.05, 3.63) is 0 Å². The van der Waals surface area contributed by atoms with Crippen LogP contribution in [0.25, 0.3) is 0 Å². The van der Waals surface area contributed by atoms with Crippen molar-refractivity contribution in [3.63, 3.8) is 0 Å². The molecular weight excluding hydrogens is 194 g/mol. The predicted molar refractivity (Wildman–Crippen MR) is 57.5 cm³/mol. The summed E-state index contributed by atoms with van der Waals surface area (Å²) < 4.78 is 5.12. The fourth-order valence-corrected chi connectivity index (χ4v) is 1.72. The molecule has 0 aliphatic heterocycles. The van der Waals surface area contributed by atoms with Gasteiger partial charge in [0.25, 0.3) is 0 Å². The first-order valence-corrected chi connectivity index (χ1v) is 5.77. The molecule has 1 N–H and O–H groups in total. The van der Waals surface area contributed by atoms with E-state index in [1.54, 1.807) is 0 Å². The Labute approximate surface area is 91.2 Å². The lowest BCUT2D eigenvalue weighted by molar-refractivity contribution is -0.140. The molecule has 0 aromatic carbocycles. The molecule has 1 rings (SSSR count). The summed E-state index contributed by atoms with van der Waals surface area (Å²) in [4.78, 5) is 13.6.